The molecule has 2 aromatic rings. The number of benzene rings is 2. The van der Waals surface area contributed by atoms with Crippen LogP contribution in [0.25, 0.3) is 21.6 Å². The summed E-state index contributed by atoms with van der Waals surface area (Å²) in [5.74, 6) is 0. The fourth-order valence-electron chi connectivity index (χ4n) is 1.88. The number of nitrogens with two attached hydrogens (primary N) is 1. The maximum absolute atomic E-state index is 8.43. The molecule has 0 unspecified atom stereocenters. The molecule has 4 heteroatoms. The third-order valence-electron chi connectivity index (χ3n) is 2.83. The van der Waals surface area contributed by atoms with Gasteiger partial charge in [-0.2, -0.15) is 0 Å². The zero-order chi connectivity index (χ0) is 13.0. The molecule has 0 bridgehead atoms. The minimum atomic E-state index is 0.415. The molecule has 4 nitrogen and oxygen atoms in total. The maximum Gasteiger partial charge on any atom is 0.0378 e. The van der Waals surface area contributed by atoms with Gasteiger partial charge in [0.2, 0.25) is 0 Å². The second-order valence-electron chi connectivity index (χ2n) is 4.10. The van der Waals surface area contributed by atoms with Crippen LogP contribution in [0, 0.1) is 6.92 Å². The van der Waals surface area contributed by atoms with E-state index in [9.17, 15) is 0 Å². The van der Waals surface area contributed by atoms with E-state index >= 15 is 0 Å². The monoisotopic (exact) mass is 238 g/mol. The van der Waals surface area contributed by atoms with Crippen molar-refractivity contribution in [1.29, 1.82) is 0 Å². The highest BCUT2D eigenvalue weighted by Gasteiger charge is 2.04. The van der Waals surface area contributed by atoms with Gasteiger partial charge in [0.15, 0.2) is 0 Å². The highest BCUT2D eigenvalue weighted by molar-refractivity contribution is 5.69. The third-order valence-corrected chi connectivity index (χ3v) is 2.83. The molecule has 0 heterocycles. The molecule has 18 heavy (non-hydrogen) atoms. The molecule has 0 saturated carbocycles. The molecule has 0 aliphatic heterocycles. The molecule has 0 spiro atoms. The summed E-state index contributed by atoms with van der Waals surface area (Å²) in [7, 11) is 0. The summed E-state index contributed by atoms with van der Waals surface area (Å²) in [5.41, 5.74) is 19.2. The molecule has 0 atom stereocenters. The Bertz CT molecular complexity index is 596. The summed E-state index contributed by atoms with van der Waals surface area (Å²) in [4.78, 5) is 2.78. The van der Waals surface area contributed by atoms with Gasteiger partial charge in [0.1, 0.15) is 0 Å². The Kier molecular flexibility index (Phi) is 3.63. The summed E-state index contributed by atoms with van der Waals surface area (Å²) in [6.45, 7) is 2.47. The second kappa shape index (κ2) is 5.36. The van der Waals surface area contributed by atoms with E-state index in [1.54, 1.807) is 6.07 Å². The van der Waals surface area contributed by atoms with E-state index in [1.807, 2.05) is 12.1 Å². The van der Waals surface area contributed by atoms with Gasteiger partial charge < -0.3 is 5.73 Å². The van der Waals surface area contributed by atoms with Crippen molar-refractivity contribution in [3.05, 3.63) is 64.0 Å². The first kappa shape index (κ1) is 12.2. The van der Waals surface area contributed by atoms with Crippen LogP contribution in [-0.2, 0) is 6.54 Å². The average molecular weight is 238 g/mol. The van der Waals surface area contributed by atoms with Crippen molar-refractivity contribution in [3.8, 4) is 11.1 Å². The number of aryl methyl sites for hydroxylation is 1. The van der Waals surface area contributed by atoms with Gasteiger partial charge in [0.25, 0.3) is 0 Å². The molecule has 0 aliphatic rings. The van der Waals surface area contributed by atoms with Gasteiger partial charge in [-0.25, -0.2) is 0 Å². The minimum Gasteiger partial charge on any atom is -0.326 e. The van der Waals surface area contributed by atoms with E-state index < -0.39 is 0 Å². The van der Waals surface area contributed by atoms with Crippen molar-refractivity contribution < 1.29 is 0 Å². The van der Waals surface area contributed by atoms with Crippen molar-refractivity contribution in [2.24, 2.45) is 10.8 Å². The number of hydrogen-bond acceptors (Lipinski definition) is 2. The molecule has 2 aromatic carbocycles. The van der Waals surface area contributed by atoms with Crippen LogP contribution in [0.5, 0.6) is 0 Å². The zero-order valence-electron chi connectivity index (χ0n) is 10.2. The summed E-state index contributed by atoms with van der Waals surface area (Å²) in [5, 5.41) is 3.59. The molecule has 0 aliphatic carbocycles. The van der Waals surface area contributed by atoms with Gasteiger partial charge in [-0.05, 0) is 35.2 Å². The van der Waals surface area contributed by atoms with Crippen LogP contribution in [0.3, 0.4) is 0 Å². The van der Waals surface area contributed by atoms with E-state index in [1.165, 1.54) is 5.56 Å². The fraction of sp³-hybridized carbons (Fsp3) is 0.143. The van der Waals surface area contributed by atoms with Gasteiger partial charge in [-0.1, -0.05) is 47.1 Å². The Balaban J connectivity index is 2.50. The SMILES string of the molecule is Cc1ccc(-c2ccc(N=[N+]=[N-])cc2CN)cc1. The Hall–Kier alpha value is -2.29. The standard InChI is InChI=1S/C14H14N4/c1-10-2-4-11(5-3-10)14-7-6-13(17-18-16)8-12(14)9-15/h2-8H,9,15H2,1H3. The smallest absolute Gasteiger partial charge is 0.0378 e. The van der Waals surface area contributed by atoms with E-state index in [4.69, 9.17) is 11.3 Å². The lowest BCUT2D eigenvalue weighted by atomic mass is 9.98. The normalized spacial score (nSPS) is 9.89. The topological polar surface area (TPSA) is 74.8 Å². The molecule has 0 fully saturated rings. The van der Waals surface area contributed by atoms with Crippen molar-refractivity contribution in [3.63, 3.8) is 0 Å². The average Bonchev–Trinajstić information content (AvgIpc) is 2.40. The summed E-state index contributed by atoms with van der Waals surface area (Å²) < 4.78 is 0. The van der Waals surface area contributed by atoms with Crippen LogP contribution >= 0.6 is 0 Å². The summed E-state index contributed by atoms with van der Waals surface area (Å²) in [6.07, 6.45) is 0. The maximum atomic E-state index is 8.43. The first-order valence-corrected chi connectivity index (χ1v) is 5.69. The molecule has 2 N–H and O–H groups in total. The van der Waals surface area contributed by atoms with Crippen LogP contribution in [0.15, 0.2) is 47.6 Å². The van der Waals surface area contributed by atoms with Gasteiger partial charge in [-0.15, -0.1) is 0 Å². The lowest BCUT2D eigenvalue weighted by Gasteiger charge is -2.09. The van der Waals surface area contributed by atoms with E-state index in [0.717, 1.165) is 16.7 Å². The third kappa shape index (κ3) is 2.51. The number of azide groups is 1. The lowest BCUT2D eigenvalue weighted by molar-refractivity contribution is 1.07. The second-order valence-corrected chi connectivity index (χ2v) is 4.10. The molecular weight excluding hydrogens is 224 g/mol. The first-order chi connectivity index (χ1) is 8.74. The van der Waals surface area contributed by atoms with Gasteiger partial charge in [-0.3, -0.25) is 0 Å². The van der Waals surface area contributed by atoms with Crippen LogP contribution in [0.1, 0.15) is 11.1 Å². The van der Waals surface area contributed by atoms with Crippen molar-refractivity contribution in [1.82, 2.24) is 0 Å². The Morgan fingerprint density at radius 3 is 2.50 bits per heavy atom. The minimum absolute atomic E-state index is 0.415. The Labute approximate surface area is 106 Å². The molecule has 0 amide bonds. The quantitative estimate of drug-likeness (QED) is 0.488. The van der Waals surface area contributed by atoms with Crippen molar-refractivity contribution >= 4 is 5.69 Å². The van der Waals surface area contributed by atoms with E-state index in [0.29, 0.717) is 12.2 Å². The van der Waals surface area contributed by atoms with E-state index in [2.05, 4.69) is 41.2 Å². The number of nitrogens with zero attached hydrogens (tertiary/aromatic N) is 3. The van der Waals surface area contributed by atoms with E-state index in [-0.39, 0.29) is 0 Å². The van der Waals surface area contributed by atoms with Crippen LogP contribution in [0.4, 0.5) is 5.69 Å². The van der Waals surface area contributed by atoms with Gasteiger partial charge in [0.05, 0.1) is 0 Å². The Morgan fingerprint density at radius 2 is 1.89 bits per heavy atom. The predicted molar refractivity (Wildman–Crippen MR) is 73.3 cm³/mol. The van der Waals surface area contributed by atoms with Crippen LogP contribution in [0.2, 0.25) is 0 Å². The largest absolute Gasteiger partial charge is 0.326 e. The lowest BCUT2D eigenvalue weighted by Crippen LogP contribution is -1.98. The van der Waals surface area contributed by atoms with Crippen LogP contribution in [-0.4, -0.2) is 0 Å². The molecule has 0 saturated heterocycles. The number of rotatable bonds is 3. The molecule has 90 valence electrons. The summed E-state index contributed by atoms with van der Waals surface area (Å²) >= 11 is 0. The zero-order valence-corrected chi connectivity index (χ0v) is 10.2. The highest BCUT2D eigenvalue weighted by Crippen LogP contribution is 2.27. The molecular formula is C14H14N4. The predicted octanol–water partition coefficient (Wildman–Crippen LogP) is 4.06. The van der Waals surface area contributed by atoms with Crippen molar-refractivity contribution in [2.45, 2.75) is 13.5 Å². The number of hydrogen-bond donors (Lipinski definition) is 1. The Morgan fingerprint density at radius 1 is 1.17 bits per heavy atom. The first-order valence-electron chi connectivity index (χ1n) is 5.69. The molecule has 0 aromatic heterocycles. The summed E-state index contributed by atoms with van der Waals surface area (Å²) in [6, 6.07) is 13.8. The van der Waals surface area contributed by atoms with Crippen LogP contribution < -0.4 is 5.73 Å². The van der Waals surface area contributed by atoms with Crippen molar-refractivity contribution in [2.75, 3.05) is 0 Å². The molecule has 0 radical (unpaired) electrons. The molecule has 2 rings (SSSR count). The van der Waals surface area contributed by atoms with Gasteiger partial charge >= 0.3 is 0 Å². The highest BCUT2D eigenvalue weighted by atomic mass is 15.1. The fourth-order valence-corrected chi connectivity index (χ4v) is 1.88. The van der Waals surface area contributed by atoms with Gasteiger partial charge in [0, 0.05) is 17.1 Å².